The average Bonchev–Trinajstić information content (AvgIpc) is 2.55. The minimum atomic E-state index is -0.220. The number of benzene rings is 1. The van der Waals surface area contributed by atoms with Crippen molar-refractivity contribution in [3.05, 3.63) is 40.5 Å². The fraction of sp³-hybridized carbons (Fsp3) is 0.389. The Morgan fingerprint density at radius 3 is 2.46 bits per heavy atom. The molecule has 0 aliphatic carbocycles. The molecule has 0 unspecified atom stereocenters. The smallest absolute Gasteiger partial charge is 0.255 e. The number of pyridine rings is 1. The Labute approximate surface area is 147 Å². The van der Waals surface area contributed by atoms with Gasteiger partial charge in [-0.1, -0.05) is 11.6 Å². The predicted octanol–water partition coefficient (Wildman–Crippen LogP) is 3.14. The molecule has 2 aromatic rings. The van der Waals surface area contributed by atoms with Crippen LogP contribution in [0.4, 0.5) is 0 Å². The summed E-state index contributed by atoms with van der Waals surface area (Å²) in [5, 5.41) is 1.40. The van der Waals surface area contributed by atoms with Crippen molar-refractivity contribution in [2.45, 2.75) is 20.8 Å². The highest BCUT2D eigenvalue weighted by Gasteiger charge is 2.20. The van der Waals surface area contributed by atoms with Gasteiger partial charge < -0.3 is 9.80 Å². The van der Waals surface area contributed by atoms with Crippen molar-refractivity contribution in [3.8, 4) is 0 Å². The number of amides is 2. The molecular weight excluding hydrogens is 326 g/mol. The fourth-order valence-electron chi connectivity index (χ4n) is 2.62. The zero-order chi connectivity index (χ0) is 17.9. The number of carbonyl (C=O) groups is 2. The Bertz CT molecular complexity index is 772. The first-order chi connectivity index (χ1) is 11.4. The van der Waals surface area contributed by atoms with Crippen molar-refractivity contribution in [2.24, 2.45) is 0 Å². The van der Waals surface area contributed by atoms with E-state index in [1.54, 1.807) is 37.1 Å². The first-order valence-electron chi connectivity index (χ1n) is 7.97. The van der Waals surface area contributed by atoms with E-state index in [1.165, 1.54) is 4.90 Å². The number of hydrogen-bond donors (Lipinski definition) is 0. The molecule has 0 radical (unpaired) electrons. The zero-order valence-corrected chi connectivity index (χ0v) is 15.2. The van der Waals surface area contributed by atoms with Gasteiger partial charge in [0.1, 0.15) is 0 Å². The SMILES string of the molecule is CCN(CC)C(=O)CN(C)C(=O)c1cc2cc(Cl)ccc2nc1C. The van der Waals surface area contributed by atoms with Crippen LogP contribution < -0.4 is 0 Å². The van der Waals surface area contributed by atoms with E-state index in [0.29, 0.717) is 29.4 Å². The predicted molar refractivity (Wildman–Crippen MR) is 96.4 cm³/mol. The van der Waals surface area contributed by atoms with Crippen molar-refractivity contribution < 1.29 is 9.59 Å². The van der Waals surface area contributed by atoms with Gasteiger partial charge in [0, 0.05) is 30.5 Å². The van der Waals surface area contributed by atoms with Crippen molar-refractivity contribution in [3.63, 3.8) is 0 Å². The minimum Gasteiger partial charge on any atom is -0.342 e. The minimum absolute atomic E-state index is 0.0491. The molecule has 1 aromatic carbocycles. The quantitative estimate of drug-likeness (QED) is 0.835. The Balaban J connectivity index is 2.26. The molecule has 6 heteroatoms. The molecule has 0 aliphatic heterocycles. The molecule has 0 saturated heterocycles. The van der Waals surface area contributed by atoms with Crippen LogP contribution in [0.15, 0.2) is 24.3 Å². The molecule has 1 heterocycles. The van der Waals surface area contributed by atoms with E-state index in [2.05, 4.69) is 4.98 Å². The van der Waals surface area contributed by atoms with Crippen LogP contribution in [0.1, 0.15) is 29.9 Å². The van der Waals surface area contributed by atoms with E-state index in [-0.39, 0.29) is 18.4 Å². The second-order valence-electron chi connectivity index (χ2n) is 5.69. The van der Waals surface area contributed by atoms with E-state index in [1.807, 2.05) is 19.9 Å². The third-order valence-electron chi connectivity index (χ3n) is 4.03. The number of aromatic nitrogens is 1. The number of carbonyl (C=O) groups excluding carboxylic acids is 2. The second-order valence-corrected chi connectivity index (χ2v) is 6.12. The maximum Gasteiger partial charge on any atom is 0.255 e. The molecular formula is C18H22ClN3O2. The van der Waals surface area contributed by atoms with E-state index in [0.717, 1.165) is 10.9 Å². The number of nitrogens with zero attached hydrogens (tertiary/aromatic N) is 3. The molecule has 5 nitrogen and oxygen atoms in total. The van der Waals surface area contributed by atoms with Gasteiger partial charge in [0.25, 0.3) is 5.91 Å². The van der Waals surface area contributed by atoms with E-state index in [4.69, 9.17) is 11.6 Å². The highest BCUT2D eigenvalue weighted by molar-refractivity contribution is 6.31. The van der Waals surface area contributed by atoms with E-state index >= 15 is 0 Å². The second kappa shape index (κ2) is 7.62. The van der Waals surface area contributed by atoms with Crippen molar-refractivity contribution in [1.82, 2.24) is 14.8 Å². The summed E-state index contributed by atoms with van der Waals surface area (Å²) in [6.07, 6.45) is 0. The topological polar surface area (TPSA) is 53.5 Å². The summed E-state index contributed by atoms with van der Waals surface area (Å²) < 4.78 is 0. The van der Waals surface area contributed by atoms with Crippen molar-refractivity contribution >= 4 is 34.3 Å². The van der Waals surface area contributed by atoms with Crippen LogP contribution in [0.2, 0.25) is 5.02 Å². The number of aryl methyl sites for hydroxylation is 1. The van der Waals surface area contributed by atoms with Gasteiger partial charge in [0.05, 0.1) is 23.3 Å². The van der Waals surface area contributed by atoms with Crippen molar-refractivity contribution in [1.29, 1.82) is 0 Å². The Morgan fingerprint density at radius 2 is 1.83 bits per heavy atom. The summed E-state index contributed by atoms with van der Waals surface area (Å²) in [5.74, 6) is -0.285. The Morgan fingerprint density at radius 1 is 1.17 bits per heavy atom. The highest BCUT2D eigenvalue weighted by atomic mass is 35.5. The molecule has 0 N–H and O–H groups in total. The molecule has 2 amide bonds. The van der Waals surface area contributed by atoms with Crippen LogP contribution in [0.5, 0.6) is 0 Å². The number of rotatable bonds is 5. The Kier molecular flexibility index (Phi) is 5.78. The lowest BCUT2D eigenvalue weighted by Gasteiger charge is -2.23. The van der Waals surface area contributed by atoms with Crippen LogP contribution in [0.25, 0.3) is 10.9 Å². The molecule has 0 aliphatic rings. The molecule has 0 bridgehead atoms. The molecule has 128 valence electrons. The van der Waals surface area contributed by atoms with Crippen LogP contribution in [-0.2, 0) is 4.79 Å². The maximum absolute atomic E-state index is 12.7. The summed E-state index contributed by atoms with van der Waals surface area (Å²) in [5.41, 5.74) is 1.91. The van der Waals surface area contributed by atoms with Gasteiger partial charge in [-0.15, -0.1) is 0 Å². The van der Waals surface area contributed by atoms with Gasteiger partial charge in [0.15, 0.2) is 0 Å². The summed E-state index contributed by atoms with van der Waals surface area (Å²) in [7, 11) is 1.63. The normalized spacial score (nSPS) is 10.7. The standard InChI is InChI=1S/C18H22ClN3O2/c1-5-22(6-2)17(23)11-21(4)18(24)15-10-13-9-14(19)7-8-16(13)20-12(15)3/h7-10H,5-6,11H2,1-4H3. The van der Waals surface area contributed by atoms with Crippen molar-refractivity contribution in [2.75, 3.05) is 26.7 Å². The van der Waals surface area contributed by atoms with Crippen LogP contribution in [0, 0.1) is 6.92 Å². The zero-order valence-electron chi connectivity index (χ0n) is 14.5. The van der Waals surface area contributed by atoms with Gasteiger partial charge in [-0.05, 0) is 45.0 Å². The summed E-state index contributed by atoms with van der Waals surface area (Å²) in [4.78, 5) is 32.5. The molecule has 0 spiro atoms. The van der Waals surface area contributed by atoms with Crippen LogP contribution >= 0.6 is 11.6 Å². The van der Waals surface area contributed by atoms with Gasteiger partial charge in [0.2, 0.25) is 5.91 Å². The molecule has 0 saturated carbocycles. The number of likely N-dealkylation sites (N-methyl/N-ethyl adjacent to an activating group) is 2. The molecule has 0 atom stereocenters. The number of fused-ring (bicyclic) bond motifs is 1. The molecule has 2 rings (SSSR count). The van der Waals surface area contributed by atoms with Crippen LogP contribution in [-0.4, -0.2) is 53.3 Å². The third-order valence-corrected chi connectivity index (χ3v) is 4.27. The highest BCUT2D eigenvalue weighted by Crippen LogP contribution is 2.21. The Hall–Kier alpha value is -2.14. The van der Waals surface area contributed by atoms with Gasteiger partial charge in [-0.2, -0.15) is 0 Å². The van der Waals surface area contributed by atoms with Gasteiger partial charge in [-0.3, -0.25) is 14.6 Å². The fourth-order valence-corrected chi connectivity index (χ4v) is 2.80. The first-order valence-corrected chi connectivity index (χ1v) is 8.35. The van der Waals surface area contributed by atoms with Crippen LogP contribution in [0.3, 0.4) is 0 Å². The molecule has 1 aromatic heterocycles. The largest absolute Gasteiger partial charge is 0.342 e. The summed E-state index contributed by atoms with van der Waals surface area (Å²) in [6.45, 7) is 6.95. The maximum atomic E-state index is 12.7. The summed E-state index contributed by atoms with van der Waals surface area (Å²) >= 11 is 6.02. The number of halogens is 1. The lowest BCUT2D eigenvalue weighted by atomic mass is 10.1. The molecule has 0 fully saturated rings. The number of hydrogen-bond acceptors (Lipinski definition) is 3. The lowest BCUT2D eigenvalue weighted by molar-refractivity contribution is -0.131. The van der Waals surface area contributed by atoms with E-state index in [9.17, 15) is 9.59 Å². The lowest BCUT2D eigenvalue weighted by Crippen LogP contribution is -2.41. The van der Waals surface area contributed by atoms with Gasteiger partial charge >= 0.3 is 0 Å². The average molecular weight is 348 g/mol. The summed E-state index contributed by atoms with van der Waals surface area (Å²) in [6, 6.07) is 7.16. The van der Waals surface area contributed by atoms with E-state index < -0.39 is 0 Å². The third kappa shape index (κ3) is 3.85. The first kappa shape index (κ1) is 18.2. The molecule has 24 heavy (non-hydrogen) atoms. The van der Waals surface area contributed by atoms with Gasteiger partial charge in [-0.25, -0.2) is 0 Å². The monoisotopic (exact) mass is 347 g/mol.